The number of ether oxygens (including phenoxy) is 1. The summed E-state index contributed by atoms with van der Waals surface area (Å²) in [5, 5.41) is 0. The molecule has 0 aliphatic carbocycles. The molecule has 1 aliphatic heterocycles. The van der Waals surface area contributed by atoms with Crippen molar-refractivity contribution >= 4 is 0 Å². The third-order valence-corrected chi connectivity index (χ3v) is 5.04. The molecule has 5 heteroatoms. The second-order valence-corrected chi connectivity index (χ2v) is 7.18. The number of piperidine rings is 1. The molecular weight excluding hydrogens is 312 g/mol. The summed E-state index contributed by atoms with van der Waals surface area (Å²) in [7, 11) is 3.92. The fraction of sp³-hybridized carbons (Fsp3) is 0.550. The standard InChI is InChI=1S/C20H30N4O/c1-23(15-19-12-21-16-22-19)13-18-4-3-10-24(14-18)11-9-17-5-7-20(25-2)8-6-17/h5-8,12,16,18H,3-4,9-11,13-15H2,1-2H3,(H,21,22). The second kappa shape index (κ2) is 9.02. The van der Waals surface area contributed by atoms with Crippen molar-refractivity contribution in [2.75, 3.05) is 40.3 Å². The monoisotopic (exact) mass is 342 g/mol. The van der Waals surface area contributed by atoms with Crippen molar-refractivity contribution < 1.29 is 4.74 Å². The summed E-state index contributed by atoms with van der Waals surface area (Å²) in [4.78, 5) is 12.3. The Morgan fingerprint density at radius 2 is 2.16 bits per heavy atom. The minimum absolute atomic E-state index is 0.762. The molecule has 2 heterocycles. The summed E-state index contributed by atoms with van der Waals surface area (Å²) >= 11 is 0. The summed E-state index contributed by atoms with van der Waals surface area (Å²) in [6.07, 6.45) is 7.43. The Bertz CT molecular complexity index is 611. The van der Waals surface area contributed by atoms with Crippen LogP contribution in [-0.2, 0) is 13.0 Å². The maximum absolute atomic E-state index is 5.23. The van der Waals surface area contributed by atoms with E-state index in [0.717, 1.165) is 37.7 Å². The third-order valence-electron chi connectivity index (χ3n) is 5.04. The largest absolute Gasteiger partial charge is 0.497 e. The van der Waals surface area contributed by atoms with Crippen molar-refractivity contribution in [1.29, 1.82) is 0 Å². The first kappa shape index (κ1) is 18.0. The number of aromatic amines is 1. The average molecular weight is 342 g/mol. The van der Waals surface area contributed by atoms with E-state index in [0.29, 0.717) is 0 Å². The predicted octanol–water partition coefficient (Wildman–Crippen LogP) is 2.80. The molecule has 1 aromatic carbocycles. The fourth-order valence-electron chi connectivity index (χ4n) is 3.75. The van der Waals surface area contributed by atoms with Gasteiger partial charge in [-0.05, 0) is 56.5 Å². The Balaban J connectivity index is 1.42. The van der Waals surface area contributed by atoms with Gasteiger partial charge in [-0.15, -0.1) is 0 Å². The molecule has 3 rings (SSSR count). The summed E-state index contributed by atoms with van der Waals surface area (Å²) in [5.41, 5.74) is 2.58. The Hall–Kier alpha value is -1.85. The number of H-pyrrole nitrogens is 1. The molecule has 1 unspecified atom stereocenters. The van der Waals surface area contributed by atoms with Gasteiger partial charge in [0.1, 0.15) is 5.75 Å². The van der Waals surface area contributed by atoms with Gasteiger partial charge < -0.3 is 19.5 Å². The number of aromatic nitrogens is 2. The third kappa shape index (κ3) is 5.58. The number of imidazole rings is 1. The molecule has 1 aliphatic rings. The Morgan fingerprint density at radius 1 is 1.32 bits per heavy atom. The van der Waals surface area contributed by atoms with Crippen LogP contribution in [0.25, 0.3) is 0 Å². The molecule has 136 valence electrons. The van der Waals surface area contributed by atoms with Crippen molar-refractivity contribution in [2.45, 2.75) is 25.8 Å². The number of likely N-dealkylation sites (tertiary alicyclic amines) is 1. The molecule has 1 atom stereocenters. The lowest BCUT2D eigenvalue weighted by atomic mass is 9.97. The highest BCUT2D eigenvalue weighted by Gasteiger charge is 2.21. The highest BCUT2D eigenvalue weighted by atomic mass is 16.5. The minimum Gasteiger partial charge on any atom is -0.497 e. The number of hydrogen-bond acceptors (Lipinski definition) is 4. The predicted molar refractivity (Wildman–Crippen MR) is 101 cm³/mol. The Labute approximate surface area is 151 Å². The highest BCUT2D eigenvalue weighted by molar-refractivity contribution is 5.27. The van der Waals surface area contributed by atoms with Crippen molar-refractivity contribution in [2.24, 2.45) is 5.92 Å². The van der Waals surface area contributed by atoms with Gasteiger partial charge in [-0.3, -0.25) is 0 Å². The van der Waals surface area contributed by atoms with Crippen LogP contribution in [-0.4, -0.2) is 60.1 Å². The molecule has 2 aromatic rings. The number of benzene rings is 1. The molecule has 0 spiro atoms. The van der Waals surface area contributed by atoms with Crippen molar-refractivity contribution in [1.82, 2.24) is 19.8 Å². The van der Waals surface area contributed by atoms with Gasteiger partial charge in [0.15, 0.2) is 0 Å². The van der Waals surface area contributed by atoms with Gasteiger partial charge in [-0.1, -0.05) is 12.1 Å². The van der Waals surface area contributed by atoms with E-state index in [1.54, 1.807) is 13.4 Å². The van der Waals surface area contributed by atoms with E-state index < -0.39 is 0 Å². The number of rotatable bonds is 8. The summed E-state index contributed by atoms with van der Waals surface area (Å²) in [5.74, 6) is 1.69. The van der Waals surface area contributed by atoms with Gasteiger partial charge in [0, 0.05) is 38.1 Å². The maximum atomic E-state index is 5.23. The van der Waals surface area contributed by atoms with Crippen LogP contribution < -0.4 is 4.74 Å². The molecule has 0 radical (unpaired) electrons. The lowest BCUT2D eigenvalue weighted by molar-refractivity contribution is 0.142. The van der Waals surface area contributed by atoms with Crippen LogP contribution in [0.2, 0.25) is 0 Å². The van der Waals surface area contributed by atoms with Crippen molar-refractivity contribution in [3.8, 4) is 5.75 Å². The zero-order valence-electron chi connectivity index (χ0n) is 15.4. The first-order valence-electron chi connectivity index (χ1n) is 9.24. The summed E-state index contributed by atoms with van der Waals surface area (Å²) in [6.45, 7) is 5.69. The van der Waals surface area contributed by atoms with Crippen LogP contribution in [0.1, 0.15) is 24.1 Å². The molecule has 1 fully saturated rings. The lowest BCUT2D eigenvalue weighted by Gasteiger charge is -2.34. The van der Waals surface area contributed by atoms with Gasteiger partial charge in [0.25, 0.3) is 0 Å². The molecular formula is C20H30N4O. The van der Waals surface area contributed by atoms with Gasteiger partial charge in [-0.25, -0.2) is 4.98 Å². The van der Waals surface area contributed by atoms with Crippen molar-refractivity contribution in [3.05, 3.63) is 48.0 Å². The van der Waals surface area contributed by atoms with Crippen molar-refractivity contribution in [3.63, 3.8) is 0 Å². The van der Waals surface area contributed by atoms with Gasteiger partial charge in [0.05, 0.1) is 13.4 Å². The number of hydrogen-bond donors (Lipinski definition) is 1. The topological polar surface area (TPSA) is 44.4 Å². The number of methoxy groups -OCH3 is 1. The van der Waals surface area contributed by atoms with Crippen LogP contribution in [0, 0.1) is 5.92 Å². The molecule has 5 nitrogen and oxygen atoms in total. The minimum atomic E-state index is 0.762. The highest BCUT2D eigenvalue weighted by Crippen LogP contribution is 2.19. The second-order valence-electron chi connectivity index (χ2n) is 7.18. The molecule has 0 saturated carbocycles. The van der Waals surface area contributed by atoms with E-state index in [9.17, 15) is 0 Å². The fourth-order valence-corrected chi connectivity index (χ4v) is 3.75. The average Bonchev–Trinajstić information content (AvgIpc) is 3.13. The lowest BCUT2D eigenvalue weighted by Crippen LogP contribution is -2.40. The first-order chi connectivity index (χ1) is 12.2. The quantitative estimate of drug-likeness (QED) is 0.801. The molecule has 1 saturated heterocycles. The zero-order chi connectivity index (χ0) is 17.5. The van der Waals surface area contributed by atoms with Gasteiger partial charge in [0.2, 0.25) is 0 Å². The van der Waals surface area contributed by atoms with Gasteiger partial charge >= 0.3 is 0 Å². The van der Waals surface area contributed by atoms with E-state index in [-0.39, 0.29) is 0 Å². The number of nitrogens with one attached hydrogen (secondary N) is 1. The van der Waals surface area contributed by atoms with E-state index in [2.05, 4.69) is 51.1 Å². The van der Waals surface area contributed by atoms with E-state index in [4.69, 9.17) is 4.74 Å². The zero-order valence-corrected chi connectivity index (χ0v) is 15.4. The summed E-state index contributed by atoms with van der Waals surface area (Å²) < 4.78 is 5.23. The van der Waals surface area contributed by atoms with E-state index in [1.165, 1.54) is 37.2 Å². The smallest absolute Gasteiger partial charge is 0.118 e. The number of nitrogens with zero attached hydrogens (tertiary/aromatic N) is 3. The van der Waals surface area contributed by atoms with Crippen LogP contribution in [0.5, 0.6) is 5.75 Å². The van der Waals surface area contributed by atoms with Crippen LogP contribution in [0.15, 0.2) is 36.8 Å². The molecule has 0 amide bonds. The first-order valence-corrected chi connectivity index (χ1v) is 9.24. The van der Waals surface area contributed by atoms with Crippen LogP contribution >= 0.6 is 0 Å². The Morgan fingerprint density at radius 3 is 2.88 bits per heavy atom. The molecule has 0 bridgehead atoms. The maximum Gasteiger partial charge on any atom is 0.118 e. The van der Waals surface area contributed by atoms with Crippen LogP contribution in [0.4, 0.5) is 0 Å². The molecule has 25 heavy (non-hydrogen) atoms. The molecule has 1 N–H and O–H groups in total. The molecule has 1 aromatic heterocycles. The van der Waals surface area contributed by atoms with Crippen LogP contribution in [0.3, 0.4) is 0 Å². The van der Waals surface area contributed by atoms with E-state index >= 15 is 0 Å². The SMILES string of the molecule is COc1ccc(CCN2CCCC(CN(C)Cc3cnc[nH]3)C2)cc1. The summed E-state index contributed by atoms with van der Waals surface area (Å²) in [6, 6.07) is 8.47. The normalized spacial score (nSPS) is 18.6. The van der Waals surface area contributed by atoms with E-state index in [1.807, 2.05) is 6.20 Å². The van der Waals surface area contributed by atoms with Gasteiger partial charge in [-0.2, -0.15) is 0 Å². The Kier molecular flexibility index (Phi) is 6.48.